The van der Waals surface area contributed by atoms with Crippen molar-refractivity contribution in [1.82, 2.24) is 9.97 Å². The summed E-state index contributed by atoms with van der Waals surface area (Å²) in [6.45, 7) is 9.11. The van der Waals surface area contributed by atoms with Gasteiger partial charge in [-0.05, 0) is 24.0 Å². The molecular formula is C17H24N4. The molecule has 0 saturated carbocycles. The molecule has 0 atom stereocenters. The number of nitrogens with zero attached hydrogens (tertiary/aromatic N) is 2. The Hall–Kier alpha value is -2.10. The molecule has 0 aliphatic carbocycles. The fraction of sp³-hybridized carbons (Fsp3) is 0.412. The van der Waals surface area contributed by atoms with Crippen molar-refractivity contribution < 1.29 is 0 Å². The Morgan fingerprint density at radius 3 is 2.38 bits per heavy atom. The Balaban J connectivity index is 2.10. The number of anilines is 2. The monoisotopic (exact) mass is 284 g/mol. The fourth-order valence-electron chi connectivity index (χ4n) is 2.12. The molecule has 112 valence electrons. The van der Waals surface area contributed by atoms with Crippen LogP contribution in [0.3, 0.4) is 0 Å². The van der Waals surface area contributed by atoms with E-state index in [1.54, 1.807) is 0 Å². The zero-order chi connectivity index (χ0) is 15.4. The second-order valence-electron chi connectivity index (χ2n) is 5.60. The van der Waals surface area contributed by atoms with Crippen molar-refractivity contribution in [2.45, 2.75) is 46.6 Å². The quantitative estimate of drug-likeness (QED) is 0.879. The molecule has 0 fully saturated rings. The number of nitrogens with two attached hydrogens (primary N) is 1. The summed E-state index contributed by atoms with van der Waals surface area (Å²) in [7, 11) is 0. The minimum atomic E-state index is 0.555. The summed E-state index contributed by atoms with van der Waals surface area (Å²) < 4.78 is 0. The number of nitrogens with one attached hydrogen (secondary N) is 1. The van der Waals surface area contributed by atoms with Crippen LogP contribution in [0.2, 0.25) is 0 Å². The van der Waals surface area contributed by atoms with E-state index in [0.29, 0.717) is 11.7 Å². The number of aromatic nitrogens is 2. The zero-order valence-electron chi connectivity index (χ0n) is 13.3. The van der Waals surface area contributed by atoms with Crippen molar-refractivity contribution in [3.8, 4) is 0 Å². The highest BCUT2D eigenvalue weighted by molar-refractivity contribution is 5.55. The average molecular weight is 284 g/mol. The molecule has 2 aromatic rings. The Bertz CT molecular complexity index is 603. The van der Waals surface area contributed by atoms with Crippen LogP contribution in [0, 0.1) is 6.92 Å². The number of nitrogen functional groups attached to an aromatic ring is 1. The lowest BCUT2D eigenvalue weighted by atomic mass is 10.0. The minimum Gasteiger partial charge on any atom is -0.383 e. The molecule has 0 radical (unpaired) electrons. The van der Waals surface area contributed by atoms with Gasteiger partial charge in [0.25, 0.3) is 0 Å². The molecule has 2 rings (SSSR count). The third kappa shape index (κ3) is 3.72. The van der Waals surface area contributed by atoms with E-state index in [-0.39, 0.29) is 0 Å². The van der Waals surface area contributed by atoms with E-state index >= 15 is 0 Å². The summed E-state index contributed by atoms with van der Waals surface area (Å²) in [5, 5.41) is 3.36. The van der Waals surface area contributed by atoms with Gasteiger partial charge in [-0.1, -0.05) is 45.0 Å². The van der Waals surface area contributed by atoms with Crippen molar-refractivity contribution in [2.24, 2.45) is 0 Å². The molecule has 4 heteroatoms. The largest absolute Gasteiger partial charge is 0.383 e. The van der Waals surface area contributed by atoms with Crippen molar-refractivity contribution in [2.75, 3.05) is 11.1 Å². The maximum Gasteiger partial charge on any atom is 0.135 e. The summed E-state index contributed by atoms with van der Waals surface area (Å²) in [6, 6.07) is 8.67. The van der Waals surface area contributed by atoms with Gasteiger partial charge in [-0.25, -0.2) is 9.97 Å². The minimum absolute atomic E-state index is 0.555. The van der Waals surface area contributed by atoms with E-state index in [1.807, 2.05) is 13.8 Å². The molecule has 0 saturated heterocycles. The molecule has 4 nitrogen and oxygen atoms in total. The van der Waals surface area contributed by atoms with E-state index < -0.39 is 0 Å². The third-order valence-corrected chi connectivity index (χ3v) is 3.65. The first-order valence-corrected chi connectivity index (χ1v) is 7.47. The Morgan fingerprint density at radius 1 is 1.14 bits per heavy atom. The number of hydrogen-bond acceptors (Lipinski definition) is 4. The SMILES string of the molecule is CCc1nc(N)c(C)c(NCc2ccc(C(C)C)cc2)n1. The van der Waals surface area contributed by atoms with Crippen LogP contribution in [-0.4, -0.2) is 9.97 Å². The highest BCUT2D eigenvalue weighted by Gasteiger charge is 2.07. The maximum atomic E-state index is 5.93. The van der Waals surface area contributed by atoms with Gasteiger partial charge >= 0.3 is 0 Å². The average Bonchev–Trinajstić information content (AvgIpc) is 2.49. The lowest BCUT2D eigenvalue weighted by molar-refractivity contribution is 0.865. The normalized spacial score (nSPS) is 10.9. The van der Waals surface area contributed by atoms with Crippen molar-refractivity contribution in [3.63, 3.8) is 0 Å². The molecule has 21 heavy (non-hydrogen) atoms. The number of hydrogen-bond donors (Lipinski definition) is 2. The highest BCUT2D eigenvalue weighted by Crippen LogP contribution is 2.19. The van der Waals surface area contributed by atoms with Crippen LogP contribution in [-0.2, 0) is 13.0 Å². The van der Waals surface area contributed by atoms with E-state index in [4.69, 9.17) is 5.73 Å². The fourth-order valence-corrected chi connectivity index (χ4v) is 2.12. The topological polar surface area (TPSA) is 63.8 Å². The Kier molecular flexibility index (Phi) is 4.78. The molecule has 1 heterocycles. The molecule has 1 aromatic carbocycles. The van der Waals surface area contributed by atoms with Gasteiger partial charge in [0.05, 0.1) is 0 Å². The molecule has 0 spiro atoms. The second-order valence-corrected chi connectivity index (χ2v) is 5.60. The first-order valence-electron chi connectivity index (χ1n) is 7.47. The van der Waals surface area contributed by atoms with Crippen LogP contribution in [0.5, 0.6) is 0 Å². The number of benzene rings is 1. The predicted molar refractivity (Wildman–Crippen MR) is 88.4 cm³/mol. The van der Waals surface area contributed by atoms with Crippen molar-refractivity contribution >= 4 is 11.6 Å². The van der Waals surface area contributed by atoms with Crippen molar-refractivity contribution in [3.05, 3.63) is 46.8 Å². The second kappa shape index (κ2) is 6.57. The van der Waals surface area contributed by atoms with Gasteiger partial charge in [-0.3, -0.25) is 0 Å². The maximum absolute atomic E-state index is 5.93. The molecule has 0 aliphatic rings. The summed E-state index contributed by atoms with van der Waals surface area (Å²) in [5.74, 6) is 2.71. The van der Waals surface area contributed by atoms with Crippen LogP contribution in [0.4, 0.5) is 11.6 Å². The van der Waals surface area contributed by atoms with E-state index in [9.17, 15) is 0 Å². The van der Waals surface area contributed by atoms with Crippen LogP contribution in [0.25, 0.3) is 0 Å². The van der Waals surface area contributed by atoms with E-state index in [0.717, 1.165) is 30.2 Å². The smallest absolute Gasteiger partial charge is 0.135 e. The third-order valence-electron chi connectivity index (χ3n) is 3.65. The van der Waals surface area contributed by atoms with Crippen molar-refractivity contribution in [1.29, 1.82) is 0 Å². The lowest BCUT2D eigenvalue weighted by Crippen LogP contribution is -2.09. The van der Waals surface area contributed by atoms with Crippen LogP contribution < -0.4 is 11.1 Å². The number of aryl methyl sites for hydroxylation is 1. The first kappa shape index (κ1) is 15.3. The molecule has 1 aromatic heterocycles. The standard InChI is InChI=1S/C17H24N4/c1-5-15-20-16(18)12(4)17(21-15)19-10-13-6-8-14(9-7-13)11(2)3/h6-9,11H,5,10H2,1-4H3,(H3,18,19,20,21). The lowest BCUT2D eigenvalue weighted by Gasteiger charge is -2.12. The summed E-state index contributed by atoms with van der Waals surface area (Å²) in [6.07, 6.45) is 0.780. The highest BCUT2D eigenvalue weighted by atomic mass is 15.1. The molecule has 3 N–H and O–H groups in total. The number of rotatable bonds is 5. The van der Waals surface area contributed by atoms with Gasteiger partial charge in [0.2, 0.25) is 0 Å². The van der Waals surface area contributed by atoms with Gasteiger partial charge in [0.1, 0.15) is 17.5 Å². The molecule has 0 unspecified atom stereocenters. The van der Waals surface area contributed by atoms with Crippen LogP contribution in [0.15, 0.2) is 24.3 Å². The first-order chi connectivity index (χ1) is 10.0. The Morgan fingerprint density at radius 2 is 1.81 bits per heavy atom. The predicted octanol–water partition coefficient (Wildman–Crippen LogP) is 3.67. The van der Waals surface area contributed by atoms with E-state index in [2.05, 4.69) is 53.4 Å². The Labute approximate surface area is 126 Å². The zero-order valence-corrected chi connectivity index (χ0v) is 13.3. The van der Waals surface area contributed by atoms with Gasteiger partial charge in [0.15, 0.2) is 0 Å². The molecule has 0 bridgehead atoms. The molecule has 0 aliphatic heterocycles. The summed E-state index contributed by atoms with van der Waals surface area (Å²) >= 11 is 0. The summed E-state index contributed by atoms with van der Waals surface area (Å²) in [5.41, 5.74) is 9.42. The molecule has 0 amide bonds. The molecular weight excluding hydrogens is 260 g/mol. The van der Waals surface area contributed by atoms with Gasteiger partial charge in [-0.2, -0.15) is 0 Å². The van der Waals surface area contributed by atoms with Gasteiger partial charge in [-0.15, -0.1) is 0 Å². The van der Waals surface area contributed by atoms with Gasteiger partial charge in [0, 0.05) is 18.5 Å². The van der Waals surface area contributed by atoms with Gasteiger partial charge < -0.3 is 11.1 Å². The van der Waals surface area contributed by atoms with E-state index in [1.165, 1.54) is 11.1 Å². The van der Waals surface area contributed by atoms with Crippen LogP contribution in [0.1, 0.15) is 49.2 Å². The van der Waals surface area contributed by atoms with Crippen LogP contribution >= 0.6 is 0 Å². The summed E-state index contributed by atoms with van der Waals surface area (Å²) in [4.78, 5) is 8.77.